The van der Waals surface area contributed by atoms with Crippen LogP contribution >= 0.6 is 0 Å². The maximum Gasteiger partial charge on any atom is 0.131 e. The molecule has 0 aromatic heterocycles. The van der Waals surface area contributed by atoms with Gasteiger partial charge in [0.2, 0.25) is 0 Å². The number of hydrogen-bond donors (Lipinski definition) is 1. The molecule has 0 unspecified atom stereocenters. The second kappa shape index (κ2) is 7.04. The molecule has 1 aromatic carbocycles. The van der Waals surface area contributed by atoms with Crippen LogP contribution in [0.3, 0.4) is 0 Å². The SMILES string of the molecule is COc1ccc(N[C@@H](CC(C)=O)CC(C)C)cc1. The summed E-state index contributed by atoms with van der Waals surface area (Å²) in [5, 5.41) is 3.42. The molecule has 0 aliphatic rings. The highest BCUT2D eigenvalue weighted by Gasteiger charge is 2.13. The van der Waals surface area contributed by atoms with Crippen molar-refractivity contribution in [1.82, 2.24) is 0 Å². The Kier molecular flexibility index (Phi) is 5.69. The number of Topliss-reactive ketones (excluding diaryl/α,β-unsaturated/α-hetero) is 1. The van der Waals surface area contributed by atoms with Crippen molar-refractivity contribution in [2.75, 3.05) is 12.4 Å². The van der Waals surface area contributed by atoms with Crippen molar-refractivity contribution in [2.24, 2.45) is 5.92 Å². The first kappa shape index (κ1) is 14.6. The lowest BCUT2D eigenvalue weighted by molar-refractivity contribution is -0.117. The van der Waals surface area contributed by atoms with Crippen LogP contribution in [0, 0.1) is 5.92 Å². The lowest BCUT2D eigenvalue weighted by Crippen LogP contribution is -2.24. The van der Waals surface area contributed by atoms with E-state index in [-0.39, 0.29) is 11.8 Å². The van der Waals surface area contributed by atoms with Gasteiger partial charge in [-0.05, 0) is 43.5 Å². The molecule has 0 amide bonds. The van der Waals surface area contributed by atoms with Crippen LogP contribution in [0.25, 0.3) is 0 Å². The summed E-state index contributed by atoms with van der Waals surface area (Å²) >= 11 is 0. The average Bonchev–Trinajstić information content (AvgIpc) is 2.28. The molecule has 0 aliphatic carbocycles. The highest BCUT2D eigenvalue weighted by Crippen LogP contribution is 2.19. The highest BCUT2D eigenvalue weighted by molar-refractivity contribution is 5.76. The molecule has 1 rings (SSSR count). The van der Waals surface area contributed by atoms with Gasteiger partial charge in [0, 0.05) is 18.2 Å². The second-order valence-corrected chi connectivity index (χ2v) is 5.11. The van der Waals surface area contributed by atoms with E-state index in [1.54, 1.807) is 14.0 Å². The normalized spacial score (nSPS) is 12.3. The third-order valence-corrected chi connectivity index (χ3v) is 2.75. The molecule has 3 nitrogen and oxygen atoms in total. The number of benzene rings is 1. The van der Waals surface area contributed by atoms with E-state index in [1.807, 2.05) is 24.3 Å². The van der Waals surface area contributed by atoms with Gasteiger partial charge >= 0.3 is 0 Å². The zero-order valence-electron chi connectivity index (χ0n) is 11.7. The molecule has 0 aliphatic heterocycles. The largest absolute Gasteiger partial charge is 0.497 e. The maximum atomic E-state index is 11.3. The molecular weight excluding hydrogens is 226 g/mol. The van der Waals surface area contributed by atoms with Gasteiger partial charge in [-0.15, -0.1) is 0 Å². The molecule has 1 aromatic rings. The van der Waals surface area contributed by atoms with E-state index in [2.05, 4.69) is 19.2 Å². The van der Waals surface area contributed by atoms with E-state index in [0.29, 0.717) is 12.3 Å². The van der Waals surface area contributed by atoms with Gasteiger partial charge in [0.1, 0.15) is 11.5 Å². The summed E-state index contributed by atoms with van der Waals surface area (Å²) in [4.78, 5) is 11.3. The van der Waals surface area contributed by atoms with E-state index in [9.17, 15) is 4.79 Å². The Morgan fingerprint density at radius 2 is 1.89 bits per heavy atom. The van der Waals surface area contributed by atoms with Crippen LogP contribution in [0.2, 0.25) is 0 Å². The smallest absolute Gasteiger partial charge is 0.131 e. The lowest BCUT2D eigenvalue weighted by atomic mass is 9.99. The molecule has 0 spiro atoms. The summed E-state index contributed by atoms with van der Waals surface area (Å²) in [6, 6.07) is 8.00. The van der Waals surface area contributed by atoms with Gasteiger partial charge in [-0.3, -0.25) is 4.79 Å². The van der Waals surface area contributed by atoms with E-state index in [0.717, 1.165) is 17.9 Å². The minimum absolute atomic E-state index is 0.205. The molecule has 3 heteroatoms. The minimum atomic E-state index is 0.205. The fourth-order valence-electron chi connectivity index (χ4n) is 2.03. The zero-order chi connectivity index (χ0) is 13.5. The molecular formula is C15H23NO2. The van der Waals surface area contributed by atoms with Crippen LogP contribution < -0.4 is 10.1 Å². The van der Waals surface area contributed by atoms with Crippen LogP contribution in [-0.4, -0.2) is 18.9 Å². The lowest BCUT2D eigenvalue weighted by Gasteiger charge is -2.20. The van der Waals surface area contributed by atoms with E-state index in [1.165, 1.54) is 0 Å². The summed E-state index contributed by atoms with van der Waals surface area (Å²) in [5.74, 6) is 1.63. The highest BCUT2D eigenvalue weighted by atomic mass is 16.5. The van der Waals surface area contributed by atoms with E-state index >= 15 is 0 Å². The van der Waals surface area contributed by atoms with Crippen molar-refractivity contribution in [2.45, 2.75) is 39.7 Å². The average molecular weight is 249 g/mol. The van der Waals surface area contributed by atoms with Crippen LogP contribution in [0.4, 0.5) is 5.69 Å². The second-order valence-electron chi connectivity index (χ2n) is 5.11. The van der Waals surface area contributed by atoms with Crippen LogP contribution in [0.1, 0.15) is 33.6 Å². The number of ether oxygens (including phenoxy) is 1. The number of anilines is 1. The molecule has 0 saturated carbocycles. The topological polar surface area (TPSA) is 38.3 Å². The van der Waals surface area contributed by atoms with E-state index in [4.69, 9.17) is 4.74 Å². The molecule has 1 atom stereocenters. The summed E-state index contributed by atoms with van der Waals surface area (Å²) in [5.41, 5.74) is 1.03. The number of methoxy groups -OCH3 is 1. The Hall–Kier alpha value is -1.51. The van der Waals surface area contributed by atoms with Gasteiger partial charge in [-0.1, -0.05) is 13.8 Å². The Bertz CT molecular complexity index is 371. The van der Waals surface area contributed by atoms with Gasteiger partial charge in [0.25, 0.3) is 0 Å². The standard InChI is InChI=1S/C15H23NO2/c1-11(2)9-14(10-12(3)17)16-13-5-7-15(18-4)8-6-13/h5-8,11,14,16H,9-10H2,1-4H3/t14-/m1/s1. The maximum absolute atomic E-state index is 11.3. The zero-order valence-corrected chi connectivity index (χ0v) is 11.7. The minimum Gasteiger partial charge on any atom is -0.497 e. The Morgan fingerprint density at radius 3 is 2.33 bits per heavy atom. The predicted octanol–water partition coefficient (Wildman–Crippen LogP) is 3.50. The molecule has 0 saturated heterocycles. The fourth-order valence-corrected chi connectivity index (χ4v) is 2.03. The number of ketones is 1. The monoisotopic (exact) mass is 249 g/mol. The molecule has 0 bridgehead atoms. The Morgan fingerprint density at radius 1 is 1.28 bits per heavy atom. The van der Waals surface area contributed by atoms with Gasteiger partial charge in [-0.2, -0.15) is 0 Å². The van der Waals surface area contributed by atoms with Crippen molar-refractivity contribution >= 4 is 11.5 Å². The quantitative estimate of drug-likeness (QED) is 0.803. The number of hydrogen-bond acceptors (Lipinski definition) is 3. The van der Waals surface area contributed by atoms with Gasteiger partial charge in [0.15, 0.2) is 0 Å². The Labute approximate surface area is 110 Å². The summed E-state index contributed by atoms with van der Waals surface area (Å²) in [7, 11) is 1.65. The number of rotatable bonds is 7. The van der Waals surface area contributed by atoms with Crippen molar-refractivity contribution in [1.29, 1.82) is 0 Å². The fraction of sp³-hybridized carbons (Fsp3) is 0.533. The Balaban J connectivity index is 2.65. The third-order valence-electron chi connectivity index (χ3n) is 2.75. The number of nitrogens with one attached hydrogen (secondary N) is 1. The molecule has 0 radical (unpaired) electrons. The van der Waals surface area contributed by atoms with Crippen molar-refractivity contribution in [3.05, 3.63) is 24.3 Å². The number of carbonyl (C=O) groups is 1. The molecule has 100 valence electrons. The van der Waals surface area contributed by atoms with Gasteiger partial charge in [-0.25, -0.2) is 0 Å². The van der Waals surface area contributed by atoms with Crippen LogP contribution in [0.5, 0.6) is 5.75 Å². The third kappa shape index (κ3) is 5.21. The van der Waals surface area contributed by atoms with Crippen LogP contribution in [0.15, 0.2) is 24.3 Å². The molecule has 0 fully saturated rings. The van der Waals surface area contributed by atoms with Gasteiger partial charge < -0.3 is 10.1 Å². The predicted molar refractivity (Wildman–Crippen MR) is 75.2 cm³/mol. The summed E-state index contributed by atoms with van der Waals surface area (Å²) < 4.78 is 5.12. The van der Waals surface area contributed by atoms with Crippen molar-refractivity contribution in [3.63, 3.8) is 0 Å². The first-order valence-electron chi connectivity index (χ1n) is 6.41. The van der Waals surface area contributed by atoms with Crippen LogP contribution in [-0.2, 0) is 4.79 Å². The first-order chi connectivity index (χ1) is 8.51. The molecule has 0 heterocycles. The summed E-state index contributed by atoms with van der Waals surface area (Å²) in [6.45, 7) is 5.98. The van der Waals surface area contributed by atoms with Gasteiger partial charge in [0.05, 0.1) is 7.11 Å². The van der Waals surface area contributed by atoms with Crippen molar-refractivity contribution in [3.8, 4) is 5.75 Å². The van der Waals surface area contributed by atoms with Crippen molar-refractivity contribution < 1.29 is 9.53 Å². The molecule has 18 heavy (non-hydrogen) atoms. The van der Waals surface area contributed by atoms with E-state index < -0.39 is 0 Å². The first-order valence-corrected chi connectivity index (χ1v) is 6.41. The summed E-state index contributed by atoms with van der Waals surface area (Å²) in [6.07, 6.45) is 1.57. The number of carbonyl (C=O) groups excluding carboxylic acids is 1. The molecule has 1 N–H and O–H groups in total.